The fraction of sp³-hybridized carbons (Fsp3) is 0.720. The van der Waals surface area contributed by atoms with Gasteiger partial charge < -0.3 is 15.5 Å². The molecule has 2 N–H and O–H groups in total. The first-order chi connectivity index (χ1) is 14.9. The zero-order valence-electron chi connectivity index (χ0n) is 19.8. The quantitative estimate of drug-likeness (QED) is 0.280. The summed E-state index contributed by atoms with van der Waals surface area (Å²) < 4.78 is 13.0. The lowest BCUT2D eigenvalue weighted by atomic mass is 9.76. The Balaban J connectivity index is 1.73. The molecule has 3 atom stereocenters. The van der Waals surface area contributed by atoms with Crippen LogP contribution in [0.1, 0.15) is 52.4 Å². The molecule has 0 aliphatic carbocycles. The van der Waals surface area contributed by atoms with Gasteiger partial charge in [0.1, 0.15) is 6.17 Å². The lowest BCUT2D eigenvalue weighted by molar-refractivity contribution is -0.134. The second-order valence-corrected chi connectivity index (χ2v) is 9.30. The SMILES string of the molecule is C=C/C=C(\C/C=C\C(C)F)N1CCN(CCC2CCC(C)(CCCNC)C(=O)N2)CC1. The minimum absolute atomic E-state index is 0.207. The number of alkyl halides is 1. The van der Waals surface area contributed by atoms with Gasteiger partial charge >= 0.3 is 0 Å². The molecule has 0 aromatic heterocycles. The van der Waals surface area contributed by atoms with Crippen LogP contribution in [0.2, 0.25) is 0 Å². The summed E-state index contributed by atoms with van der Waals surface area (Å²) in [4.78, 5) is 17.6. The largest absolute Gasteiger partial charge is 0.372 e. The van der Waals surface area contributed by atoms with E-state index < -0.39 is 6.17 Å². The zero-order chi connectivity index (χ0) is 22.7. The fourth-order valence-corrected chi connectivity index (χ4v) is 4.56. The Morgan fingerprint density at radius 3 is 2.74 bits per heavy atom. The normalized spacial score (nSPS) is 26.8. The summed E-state index contributed by atoms with van der Waals surface area (Å²) in [5, 5.41) is 6.46. The van der Waals surface area contributed by atoms with Gasteiger partial charge in [-0.1, -0.05) is 31.7 Å². The molecular weight excluding hydrogens is 391 g/mol. The number of nitrogens with one attached hydrogen (secondary N) is 2. The number of halogens is 1. The van der Waals surface area contributed by atoms with Gasteiger partial charge in [-0.05, 0) is 58.7 Å². The molecule has 2 heterocycles. The van der Waals surface area contributed by atoms with E-state index in [1.807, 2.05) is 25.3 Å². The molecule has 0 bridgehead atoms. The van der Waals surface area contributed by atoms with Crippen LogP contribution < -0.4 is 10.6 Å². The predicted molar refractivity (Wildman–Crippen MR) is 128 cm³/mol. The molecule has 0 aromatic rings. The van der Waals surface area contributed by atoms with Crippen molar-refractivity contribution in [1.82, 2.24) is 20.4 Å². The highest BCUT2D eigenvalue weighted by atomic mass is 19.1. The third kappa shape index (κ3) is 8.41. The van der Waals surface area contributed by atoms with Crippen LogP contribution in [0.5, 0.6) is 0 Å². The molecule has 2 fully saturated rings. The zero-order valence-corrected chi connectivity index (χ0v) is 19.8. The molecule has 176 valence electrons. The van der Waals surface area contributed by atoms with E-state index in [4.69, 9.17) is 0 Å². The Morgan fingerprint density at radius 2 is 2.13 bits per heavy atom. The van der Waals surface area contributed by atoms with E-state index in [1.165, 1.54) is 5.70 Å². The average Bonchev–Trinajstić information content (AvgIpc) is 2.74. The number of allylic oxidation sites excluding steroid dienone is 4. The maximum absolute atomic E-state index is 13.0. The minimum Gasteiger partial charge on any atom is -0.372 e. The van der Waals surface area contributed by atoms with Crippen LogP contribution in [0.3, 0.4) is 0 Å². The monoisotopic (exact) mass is 434 g/mol. The molecule has 1 amide bonds. The van der Waals surface area contributed by atoms with Gasteiger partial charge in [-0.2, -0.15) is 0 Å². The number of carbonyl (C=O) groups excluding carboxylic acids is 1. The van der Waals surface area contributed by atoms with Crippen molar-refractivity contribution >= 4 is 5.91 Å². The Morgan fingerprint density at radius 1 is 1.39 bits per heavy atom. The Kier molecular flexibility index (Phi) is 10.7. The Labute approximate surface area is 188 Å². The number of piperidine rings is 1. The van der Waals surface area contributed by atoms with E-state index >= 15 is 0 Å². The standard InChI is InChI=1S/C25H43FN4O/c1-5-8-23(10-6-9-21(2)26)30-19-17-29(18-20-30)16-12-22-11-14-25(3,24(31)28-22)13-7-15-27-4/h5-6,8-9,21-22,27H,1,7,10-20H2,2-4H3,(H,28,31)/b9-6-,23-8+. The molecule has 0 spiro atoms. The smallest absolute Gasteiger partial charge is 0.226 e. The van der Waals surface area contributed by atoms with Gasteiger partial charge in [-0.3, -0.25) is 9.69 Å². The summed E-state index contributed by atoms with van der Waals surface area (Å²) in [7, 11) is 1.96. The second-order valence-electron chi connectivity index (χ2n) is 9.30. The number of hydrogen-bond donors (Lipinski definition) is 2. The lowest BCUT2D eigenvalue weighted by Crippen LogP contribution is -2.51. The topological polar surface area (TPSA) is 47.6 Å². The van der Waals surface area contributed by atoms with Crippen molar-refractivity contribution < 1.29 is 9.18 Å². The number of nitrogens with zero attached hydrogens (tertiary/aromatic N) is 2. The summed E-state index contributed by atoms with van der Waals surface area (Å²) in [6.45, 7) is 13.4. The minimum atomic E-state index is -0.909. The average molecular weight is 435 g/mol. The van der Waals surface area contributed by atoms with Gasteiger partial charge in [-0.15, -0.1) is 0 Å². The molecule has 31 heavy (non-hydrogen) atoms. The van der Waals surface area contributed by atoms with Crippen molar-refractivity contribution in [2.75, 3.05) is 46.3 Å². The lowest BCUT2D eigenvalue weighted by Gasteiger charge is -2.40. The van der Waals surface area contributed by atoms with E-state index in [1.54, 1.807) is 13.0 Å². The van der Waals surface area contributed by atoms with E-state index in [0.29, 0.717) is 6.04 Å². The molecule has 6 heteroatoms. The predicted octanol–water partition coefficient (Wildman–Crippen LogP) is 3.65. The van der Waals surface area contributed by atoms with Gasteiger partial charge in [0, 0.05) is 56.3 Å². The van der Waals surface area contributed by atoms with E-state index in [9.17, 15) is 9.18 Å². The molecule has 3 unspecified atom stereocenters. The van der Waals surface area contributed by atoms with Gasteiger partial charge in [0.05, 0.1) is 0 Å². The van der Waals surface area contributed by atoms with Crippen LogP contribution >= 0.6 is 0 Å². The van der Waals surface area contributed by atoms with Crippen LogP contribution in [0.4, 0.5) is 4.39 Å². The number of rotatable bonds is 12. The first kappa shape index (κ1) is 25.6. The highest BCUT2D eigenvalue weighted by molar-refractivity contribution is 5.83. The van der Waals surface area contributed by atoms with Gasteiger partial charge in [0.25, 0.3) is 0 Å². The summed E-state index contributed by atoms with van der Waals surface area (Å²) >= 11 is 0. The van der Waals surface area contributed by atoms with Crippen molar-refractivity contribution in [3.05, 3.63) is 36.6 Å². The Bertz CT molecular complexity index is 625. The molecule has 0 aromatic carbocycles. The van der Waals surface area contributed by atoms with E-state index in [0.717, 1.165) is 77.8 Å². The van der Waals surface area contributed by atoms with Crippen LogP contribution in [0, 0.1) is 5.41 Å². The summed E-state index contributed by atoms with van der Waals surface area (Å²) in [5.74, 6) is 0.236. The molecule has 5 nitrogen and oxygen atoms in total. The van der Waals surface area contributed by atoms with Gasteiger partial charge in [0.2, 0.25) is 5.91 Å². The summed E-state index contributed by atoms with van der Waals surface area (Å²) in [5.41, 5.74) is 0.991. The molecule has 2 aliphatic heterocycles. The molecule has 2 rings (SSSR count). The second kappa shape index (κ2) is 13.0. The van der Waals surface area contributed by atoms with Gasteiger partial charge in [0.15, 0.2) is 0 Å². The third-order valence-corrected chi connectivity index (χ3v) is 6.69. The third-order valence-electron chi connectivity index (χ3n) is 6.69. The molecular formula is C25H43FN4O. The van der Waals surface area contributed by atoms with Crippen LogP contribution in [-0.4, -0.2) is 74.2 Å². The fourth-order valence-electron chi connectivity index (χ4n) is 4.56. The number of hydrogen-bond acceptors (Lipinski definition) is 4. The highest BCUT2D eigenvalue weighted by Crippen LogP contribution is 2.34. The number of piperazine rings is 1. The summed E-state index contributed by atoms with van der Waals surface area (Å²) in [6, 6.07) is 0.298. The van der Waals surface area contributed by atoms with Crippen molar-refractivity contribution in [3.8, 4) is 0 Å². The maximum atomic E-state index is 13.0. The molecule has 0 radical (unpaired) electrons. The summed E-state index contributed by atoms with van der Waals surface area (Å²) in [6.07, 6.45) is 12.3. The highest BCUT2D eigenvalue weighted by Gasteiger charge is 2.38. The van der Waals surface area contributed by atoms with Gasteiger partial charge in [-0.25, -0.2) is 4.39 Å². The number of amides is 1. The maximum Gasteiger partial charge on any atom is 0.226 e. The van der Waals surface area contributed by atoms with Crippen LogP contribution in [0.25, 0.3) is 0 Å². The molecule has 2 aliphatic rings. The van der Waals surface area contributed by atoms with Crippen molar-refractivity contribution in [2.24, 2.45) is 5.41 Å². The Hall–Kier alpha value is -1.66. The van der Waals surface area contributed by atoms with Crippen molar-refractivity contribution in [1.29, 1.82) is 0 Å². The number of carbonyl (C=O) groups is 1. The van der Waals surface area contributed by atoms with Crippen molar-refractivity contribution in [2.45, 2.75) is 64.6 Å². The molecule has 0 saturated carbocycles. The van der Waals surface area contributed by atoms with Crippen LogP contribution in [0.15, 0.2) is 36.6 Å². The molecule has 2 saturated heterocycles. The van der Waals surface area contributed by atoms with Crippen molar-refractivity contribution in [3.63, 3.8) is 0 Å². The van der Waals surface area contributed by atoms with E-state index in [2.05, 4.69) is 33.9 Å². The first-order valence-electron chi connectivity index (χ1n) is 11.9. The first-order valence-corrected chi connectivity index (χ1v) is 11.9. The van der Waals surface area contributed by atoms with Crippen LogP contribution in [-0.2, 0) is 4.79 Å². The van der Waals surface area contributed by atoms with E-state index in [-0.39, 0.29) is 11.3 Å².